The molecule has 1 aliphatic rings. The predicted octanol–water partition coefficient (Wildman–Crippen LogP) is 2.04. The Labute approximate surface area is 114 Å². The smallest absolute Gasteiger partial charge is 0.245 e. The van der Waals surface area contributed by atoms with Gasteiger partial charge in [-0.1, -0.05) is 0 Å². The number of pyridine rings is 1. The Hall–Kier alpha value is -1.14. The molecule has 106 valence electrons. The lowest BCUT2D eigenvalue weighted by Gasteiger charge is -2.30. The topological polar surface area (TPSA) is 59.5 Å². The number of hydrogen-bond donors (Lipinski definition) is 0. The largest absolute Gasteiger partial charge is 0.478 e. The highest BCUT2D eigenvalue weighted by Gasteiger charge is 2.40. The van der Waals surface area contributed by atoms with E-state index in [4.69, 9.17) is 4.74 Å². The van der Waals surface area contributed by atoms with Gasteiger partial charge in [0.25, 0.3) is 0 Å². The molecular weight excluding hydrogens is 264 g/mol. The minimum Gasteiger partial charge on any atom is -0.478 e. The minimum atomic E-state index is -3.46. The third kappa shape index (κ3) is 2.74. The molecule has 0 atom stereocenters. The zero-order chi connectivity index (χ0) is 14.1. The molecule has 0 spiro atoms. The van der Waals surface area contributed by atoms with Crippen molar-refractivity contribution < 1.29 is 13.2 Å². The summed E-state index contributed by atoms with van der Waals surface area (Å²) in [4.78, 5) is 4.25. The number of rotatable bonds is 4. The summed E-state index contributed by atoms with van der Waals surface area (Å²) in [6.45, 7) is 6.86. The Morgan fingerprint density at radius 3 is 2.63 bits per heavy atom. The van der Waals surface area contributed by atoms with E-state index >= 15 is 0 Å². The van der Waals surface area contributed by atoms with Crippen molar-refractivity contribution in [3.05, 3.63) is 18.3 Å². The lowest BCUT2D eigenvalue weighted by Crippen LogP contribution is -2.42. The number of sulfonamides is 1. The molecule has 2 heterocycles. The molecule has 0 unspecified atom stereocenters. The van der Waals surface area contributed by atoms with Crippen LogP contribution in [-0.2, 0) is 10.0 Å². The zero-order valence-electron chi connectivity index (χ0n) is 11.6. The quantitative estimate of drug-likeness (QED) is 0.849. The standard InChI is InChI=1S/C13H20N2O3S/c1-4-18-12-7-6-11(10-14-12)19(16,17)15-9-5-8-13(15,2)3/h6-7,10H,4-5,8-9H2,1-3H3. The van der Waals surface area contributed by atoms with E-state index in [0.717, 1.165) is 12.8 Å². The summed E-state index contributed by atoms with van der Waals surface area (Å²) in [6, 6.07) is 3.15. The Balaban J connectivity index is 2.29. The summed E-state index contributed by atoms with van der Waals surface area (Å²) in [6.07, 6.45) is 3.15. The van der Waals surface area contributed by atoms with Gasteiger partial charge in [0, 0.05) is 18.2 Å². The van der Waals surface area contributed by atoms with Crippen LogP contribution in [0.2, 0.25) is 0 Å². The van der Waals surface area contributed by atoms with Crippen LogP contribution in [0.5, 0.6) is 5.88 Å². The van der Waals surface area contributed by atoms with Crippen LogP contribution in [0.25, 0.3) is 0 Å². The molecule has 0 N–H and O–H groups in total. The molecule has 0 bridgehead atoms. The van der Waals surface area contributed by atoms with E-state index in [0.29, 0.717) is 19.0 Å². The van der Waals surface area contributed by atoms with Crippen molar-refractivity contribution in [2.75, 3.05) is 13.2 Å². The van der Waals surface area contributed by atoms with Gasteiger partial charge < -0.3 is 4.74 Å². The van der Waals surface area contributed by atoms with Crippen LogP contribution in [0.1, 0.15) is 33.6 Å². The van der Waals surface area contributed by atoms with Gasteiger partial charge in [-0.05, 0) is 39.7 Å². The first kappa shape index (κ1) is 14.3. The highest BCUT2D eigenvalue weighted by atomic mass is 32.2. The molecule has 0 amide bonds. The fourth-order valence-corrected chi connectivity index (χ4v) is 4.20. The summed E-state index contributed by atoms with van der Waals surface area (Å²) in [5.74, 6) is 0.446. The normalized spacial score (nSPS) is 19.5. The van der Waals surface area contributed by atoms with Crippen molar-refractivity contribution in [2.45, 2.75) is 44.0 Å². The average Bonchev–Trinajstić information content (AvgIpc) is 2.71. The summed E-state index contributed by atoms with van der Waals surface area (Å²) in [5.41, 5.74) is -0.322. The Morgan fingerprint density at radius 2 is 2.16 bits per heavy atom. The van der Waals surface area contributed by atoms with Crippen LogP contribution in [-0.4, -0.2) is 36.4 Å². The summed E-state index contributed by atoms with van der Waals surface area (Å²) < 4.78 is 31.9. The van der Waals surface area contributed by atoms with E-state index in [2.05, 4.69) is 4.98 Å². The molecule has 0 saturated carbocycles. The highest BCUT2D eigenvalue weighted by Crippen LogP contribution is 2.33. The van der Waals surface area contributed by atoms with E-state index in [9.17, 15) is 8.42 Å². The van der Waals surface area contributed by atoms with E-state index in [1.54, 1.807) is 16.4 Å². The molecule has 2 rings (SSSR count). The molecule has 5 nitrogen and oxygen atoms in total. The van der Waals surface area contributed by atoms with E-state index in [-0.39, 0.29) is 10.4 Å². The minimum absolute atomic E-state index is 0.228. The fraction of sp³-hybridized carbons (Fsp3) is 0.615. The molecule has 1 fully saturated rings. The van der Waals surface area contributed by atoms with Gasteiger partial charge in [-0.3, -0.25) is 0 Å². The zero-order valence-corrected chi connectivity index (χ0v) is 12.4. The molecule has 19 heavy (non-hydrogen) atoms. The SMILES string of the molecule is CCOc1ccc(S(=O)(=O)N2CCCC2(C)C)cn1. The van der Waals surface area contributed by atoms with Gasteiger partial charge >= 0.3 is 0 Å². The first-order valence-electron chi connectivity index (χ1n) is 6.49. The van der Waals surface area contributed by atoms with Gasteiger partial charge in [0.15, 0.2) is 0 Å². The van der Waals surface area contributed by atoms with E-state index < -0.39 is 10.0 Å². The van der Waals surface area contributed by atoms with Crippen molar-refractivity contribution >= 4 is 10.0 Å². The van der Waals surface area contributed by atoms with Crippen LogP contribution in [0.3, 0.4) is 0 Å². The number of nitrogens with zero attached hydrogens (tertiary/aromatic N) is 2. The second-order valence-corrected chi connectivity index (χ2v) is 7.12. The van der Waals surface area contributed by atoms with E-state index in [1.165, 1.54) is 6.20 Å². The van der Waals surface area contributed by atoms with Crippen molar-refractivity contribution in [1.29, 1.82) is 0 Å². The average molecular weight is 284 g/mol. The maximum Gasteiger partial charge on any atom is 0.245 e. The number of aromatic nitrogens is 1. The molecule has 0 aromatic carbocycles. The van der Waals surface area contributed by atoms with Gasteiger partial charge in [-0.2, -0.15) is 4.31 Å². The maximum absolute atomic E-state index is 12.6. The molecular formula is C13H20N2O3S. The predicted molar refractivity (Wildman–Crippen MR) is 72.6 cm³/mol. The Bertz CT molecular complexity index is 538. The first-order valence-corrected chi connectivity index (χ1v) is 7.93. The molecule has 1 aromatic rings. The lowest BCUT2D eigenvalue weighted by molar-refractivity contribution is 0.291. The van der Waals surface area contributed by atoms with Crippen LogP contribution < -0.4 is 4.74 Å². The number of hydrogen-bond acceptors (Lipinski definition) is 4. The van der Waals surface area contributed by atoms with Crippen molar-refractivity contribution in [3.63, 3.8) is 0 Å². The van der Waals surface area contributed by atoms with Crippen molar-refractivity contribution in [3.8, 4) is 5.88 Å². The van der Waals surface area contributed by atoms with Gasteiger partial charge in [0.05, 0.1) is 12.8 Å². The summed E-state index contributed by atoms with van der Waals surface area (Å²) in [5, 5.41) is 0. The van der Waals surface area contributed by atoms with Gasteiger partial charge in [-0.25, -0.2) is 13.4 Å². The monoisotopic (exact) mass is 284 g/mol. The fourth-order valence-electron chi connectivity index (χ4n) is 2.41. The maximum atomic E-state index is 12.6. The third-order valence-corrected chi connectivity index (χ3v) is 5.51. The summed E-state index contributed by atoms with van der Waals surface area (Å²) in [7, 11) is -3.46. The van der Waals surface area contributed by atoms with Gasteiger partial charge in [-0.15, -0.1) is 0 Å². The lowest BCUT2D eigenvalue weighted by atomic mass is 10.0. The number of ether oxygens (including phenoxy) is 1. The van der Waals surface area contributed by atoms with Gasteiger partial charge in [0.2, 0.25) is 15.9 Å². The van der Waals surface area contributed by atoms with Crippen molar-refractivity contribution in [2.24, 2.45) is 0 Å². The van der Waals surface area contributed by atoms with Crippen LogP contribution in [0, 0.1) is 0 Å². The van der Waals surface area contributed by atoms with Crippen LogP contribution in [0.4, 0.5) is 0 Å². The Kier molecular flexibility index (Phi) is 3.82. The molecule has 1 aromatic heterocycles. The highest BCUT2D eigenvalue weighted by molar-refractivity contribution is 7.89. The summed E-state index contributed by atoms with van der Waals surface area (Å²) >= 11 is 0. The molecule has 0 radical (unpaired) electrons. The second kappa shape index (κ2) is 5.09. The van der Waals surface area contributed by atoms with E-state index in [1.807, 2.05) is 20.8 Å². The third-order valence-electron chi connectivity index (χ3n) is 3.41. The molecule has 0 aliphatic carbocycles. The molecule has 1 aliphatic heterocycles. The molecule has 1 saturated heterocycles. The first-order chi connectivity index (χ1) is 8.88. The molecule has 6 heteroatoms. The van der Waals surface area contributed by atoms with Crippen molar-refractivity contribution in [1.82, 2.24) is 9.29 Å². The second-order valence-electron chi connectivity index (χ2n) is 5.26. The van der Waals surface area contributed by atoms with Crippen LogP contribution >= 0.6 is 0 Å². The van der Waals surface area contributed by atoms with Crippen LogP contribution in [0.15, 0.2) is 23.2 Å². The van der Waals surface area contributed by atoms with Gasteiger partial charge in [0.1, 0.15) is 4.90 Å². The Morgan fingerprint density at radius 1 is 1.42 bits per heavy atom.